The van der Waals surface area contributed by atoms with Gasteiger partial charge in [-0.05, 0) is 24.8 Å². The Morgan fingerprint density at radius 1 is 1.52 bits per heavy atom. The molecule has 0 bridgehead atoms. The highest BCUT2D eigenvalue weighted by atomic mass is 35.5. The van der Waals surface area contributed by atoms with E-state index in [0.717, 1.165) is 12.8 Å². The second kappa shape index (κ2) is 5.54. The van der Waals surface area contributed by atoms with Crippen molar-refractivity contribution in [2.24, 2.45) is 11.7 Å². The molecule has 3 rings (SSSR count). The Morgan fingerprint density at radius 3 is 3.00 bits per heavy atom. The number of carbonyl (C=O) groups is 2. The van der Waals surface area contributed by atoms with Gasteiger partial charge in [0.15, 0.2) is 6.61 Å². The number of amides is 2. The molecule has 1 atom stereocenters. The smallest absolute Gasteiger partial charge is 0.262 e. The number of nitrogens with two attached hydrogens (primary N) is 1. The van der Waals surface area contributed by atoms with Gasteiger partial charge in [-0.2, -0.15) is 0 Å². The number of fused-ring (bicyclic) bond motifs is 1. The number of nitrogens with one attached hydrogen (secondary N) is 2. The molecule has 0 aromatic heterocycles. The van der Waals surface area contributed by atoms with E-state index in [1.165, 1.54) is 0 Å². The highest BCUT2D eigenvalue weighted by molar-refractivity contribution is 6.34. The molecule has 1 saturated carbocycles. The van der Waals surface area contributed by atoms with Gasteiger partial charge in [-0.25, -0.2) is 0 Å². The zero-order valence-corrected chi connectivity index (χ0v) is 12.1. The van der Waals surface area contributed by atoms with Gasteiger partial charge in [0, 0.05) is 18.5 Å². The average molecular weight is 310 g/mol. The lowest BCUT2D eigenvalue weighted by molar-refractivity contribution is -0.119. The maximum absolute atomic E-state index is 12.0. The Balaban J connectivity index is 1.70. The molecule has 1 aliphatic carbocycles. The number of ether oxygens (including phenoxy) is 1. The first-order valence-corrected chi connectivity index (χ1v) is 7.22. The average Bonchev–Trinajstić information content (AvgIpc) is 3.24. The monoisotopic (exact) mass is 309 g/mol. The SMILES string of the molecule is NC(CC(=O)Nc1cc2c(cc1Cl)NC(=O)CO2)C1CC1. The predicted molar refractivity (Wildman–Crippen MR) is 79.5 cm³/mol. The standard InChI is InChI=1S/C14H16ClN3O3/c15-8-3-11-12(21-6-14(20)18-11)5-10(8)17-13(19)4-9(16)7-1-2-7/h3,5,7,9H,1-2,4,6,16H2,(H,17,19)(H,18,20). The van der Waals surface area contributed by atoms with Crippen LogP contribution in [0.3, 0.4) is 0 Å². The third kappa shape index (κ3) is 3.28. The fourth-order valence-corrected chi connectivity index (χ4v) is 2.51. The van der Waals surface area contributed by atoms with Gasteiger partial charge >= 0.3 is 0 Å². The van der Waals surface area contributed by atoms with E-state index in [2.05, 4.69) is 10.6 Å². The molecule has 6 nitrogen and oxygen atoms in total. The number of hydrogen-bond donors (Lipinski definition) is 3. The van der Waals surface area contributed by atoms with E-state index in [1.807, 2.05) is 0 Å². The van der Waals surface area contributed by atoms with Crippen molar-refractivity contribution in [1.29, 1.82) is 0 Å². The minimum atomic E-state index is -0.231. The molecule has 1 aromatic carbocycles. The largest absolute Gasteiger partial charge is 0.482 e. The minimum Gasteiger partial charge on any atom is -0.482 e. The maximum atomic E-state index is 12.0. The third-order valence-corrected chi connectivity index (χ3v) is 3.94. The van der Waals surface area contributed by atoms with E-state index in [-0.39, 0.29) is 30.9 Å². The summed E-state index contributed by atoms with van der Waals surface area (Å²) in [5.74, 6) is 0.552. The molecule has 0 saturated heterocycles. The number of benzene rings is 1. The Labute approximate surface area is 127 Å². The van der Waals surface area contributed by atoms with Gasteiger partial charge in [-0.1, -0.05) is 11.6 Å². The molecule has 2 aliphatic rings. The molecule has 1 heterocycles. The highest BCUT2D eigenvalue weighted by Crippen LogP contribution is 2.37. The van der Waals surface area contributed by atoms with Crippen molar-refractivity contribution in [3.8, 4) is 5.75 Å². The molecule has 21 heavy (non-hydrogen) atoms. The summed E-state index contributed by atoms with van der Waals surface area (Å²) in [6, 6.07) is 3.07. The van der Waals surface area contributed by atoms with E-state index >= 15 is 0 Å². The van der Waals surface area contributed by atoms with Crippen molar-refractivity contribution >= 4 is 34.8 Å². The van der Waals surface area contributed by atoms with Gasteiger partial charge in [-0.3, -0.25) is 9.59 Å². The second-order valence-electron chi connectivity index (χ2n) is 5.42. The van der Waals surface area contributed by atoms with Crippen molar-refractivity contribution in [2.75, 3.05) is 17.2 Å². The number of hydrogen-bond acceptors (Lipinski definition) is 4. The van der Waals surface area contributed by atoms with Crippen LogP contribution in [-0.2, 0) is 9.59 Å². The first kappa shape index (κ1) is 14.2. The fourth-order valence-electron chi connectivity index (χ4n) is 2.30. The van der Waals surface area contributed by atoms with E-state index in [1.54, 1.807) is 12.1 Å². The number of anilines is 2. The van der Waals surface area contributed by atoms with E-state index < -0.39 is 0 Å². The van der Waals surface area contributed by atoms with Crippen molar-refractivity contribution < 1.29 is 14.3 Å². The summed E-state index contributed by atoms with van der Waals surface area (Å²) in [5, 5.41) is 5.74. The molecule has 112 valence electrons. The maximum Gasteiger partial charge on any atom is 0.262 e. The van der Waals surface area contributed by atoms with Gasteiger partial charge in [0.2, 0.25) is 5.91 Å². The lowest BCUT2D eigenvalue weighted by Crippen LogP contribution is -2.29. The second-order valence-corrected chi connectivity index (χ2v) is 5.83. The molecule has 1 unspecified atom stereocenters. The molecule has 2 amide bonds. The Hall–Kier alpha value is -1.79. The first-order valence-electron chi connectivity index (χ1n) is 6.84. The van der Waals surface area contributed by atoms with Crippen LogP contribution in [0, 0.1) is 5.92 Å². The summed E-state index contributed by atoms with van der Waals surface area (Å²) >= 11 is 6.11. The number of halogens is 1. The Kier molecular flexibility index (Phi) is 3.73. The predicted octanol–water partition coefficient (Wildman–Crippen LogP) is 1.74. The van der Waals surface area contributed by atoms with Crippen molar-refractivity contribution in [3.05, 3.63) is 17.2 Å². The van der Waals surface area contributed by atoms with Crippen molar-refractivity contribution in [3.63, 3.8) is 0 Å². The topological polar surface area (TPSA) is 93.5 Å². The van der Waals surface area contributed by atoms with Gasteiger partial charge in [0.25, 0.3) is 5.91 Å². The van der Waals surface area contributed by atoms with Crippen LogP contribution in [0.1, 0.15) is 19.3 Å². The highest BCUT2D eigenvalue weighted by Gasteiger charge is 2.30. The van der Waals surface area contributed by atoms with Gasteiger partial charge in [0.05, 0.1) is 16.4 Å². The van der Waals surface area contributed by atoms with Crippen LogP contribution in [0.4, 0.5) is 11.4 Å². The van der Waals surface area contributed by atoms with Gasteiger partial charge in [-0.15, -0.1) is 0 Å². The third-order valence-electron chi connectivity index (χ3n) is 3.62. The molecular weight excluding hydrogens is 294 g/mol. The summed E-state index contributed by atoms with van der Waals surface area (Å²) in [7, 11) is 0. The summed E-state index contributed by atoms with van der Waals surface area (Å²) in [6.07, 6.45) is 2.47. The molecule has 1 aliphatic heterocycles. The minimum absolute atomic E-state index is 0.0471. The fraction of sp³-hybridized carbons (Fsp3) is 0.429. The van der Waals surface area contributed by atoms with E-state index in [0.29, 0.717) is 28.1 Å². The first-order chi connectivity index (χ1) is 10.0. The molecular formula is C14H16ClN3O3. The lowest BCUT2D eigenvalue weighted by Gasteiger charge is -2.20. The van der Waals surface area contributed by atoms with Gasteiger partial charge in [0.1, 0.15) is 5.75 Å². The summed E-state index contributed by atoms with van der Waals surface area (Å²) < 4.78 is 5.30. The molecule has 4 N–H and O–H groups in total. The van der Waals surface area contributed by atoms with Crippen LogP contribution in [0.25, 0.3) is 0 Å². The van der Waals surface area contributed by atoms with Crippen LogP contribution in [0.2, 0.25) is 5.02 Å². The van der Waals surface area contributed by atoms with E-state index in [4.69, 9.17) is 22.1 Å². The van der Waals surface area contributed by atoms with Gasteiger partial charge < -0.3 is 21.1 Å². The van der Waals surface area contributed by atoms with Crippen LogP contribution >= 0.6 is 11.6 Å². The number of rotatable bonds is 4. The molecule has 0 radical (unpaired) electrons. The molecule has 1 fully saturated rings. The van der Waals surface area contributed by atoms with Crippen molar-refractivity contribution in [2.45, 2.75) is 25.3 Å². The quantitative estimate of drug-likeness (QED) is 0.789. The Bertz CT molecular complexity index is 601. The zero-order chi connectivity index (χ0) is 15.0. The van der Waals surface area contributed by atoms with Crippen LogP contribution in [0.5, 0.6) is 5.75 Å². The summed E-state index contributed by atoms with van der Waals surface area (Å²) in [5.41, 5.74) is 6.89. The normalized spacial score (nSPS) is 18.3. The van der Waals surface area contributed by atoms with Crippen LogP contribution in [-0.4, -0.2) is 24.5 Å². The molecule has 0 spiro atoms. The van der Waals surface area contributed by atoms with Crippen molar-refractivity contribution in [1.82, 2.24) is 0 Å². The summed E-state index contributed by atoms with van der Waals surface area (Å²) in [6.45, 7) is -0.0471. The lowest BCUT2D eigenvalue weighted by atomic mass is 10.1. The molecule has 1 aromatic rings. The zero-order valence-electron chi connectivity index (χ0n) is 11.3. The summed E-state index contributed by atoms with van der Waals surface area (Å²) in [4.78, 5) is 23.2. The van der Waals surface area contributed by atoms with Crippen LogP contribution in [0.15, 0.2) is 12.1 Å². The molecule has 7 heteroatoms. The van der Waals surface area contributed by atoms with Crippen LogP contribution < -0.4 is 21.1 Å². The number of carbonyl (C=O) groups excluding carboxylic acids is 2. The Morgan fingerprint density at radius 2 is 2.29 bits per heavy atom. The van der Waals surface area contributed by atoms with E-state index in [9.17, 15) is 9.59 Å².